The molecule has 0 saturated carbocycles. The fourth-order valence-corrected chi connectivity index (χ4v) is 2.32. The van der Waals surface area contributed by atoms with Crippen LogP contribution in [0.3, 0.4) is 0 Å². The van der Waals surface area contributed by atoms with Crippen LogP contribution in [0.2, 0.25) is 0 Å². The van der Waals surface area contributed by atoms with Crippen LogP contribution in [0.5, 0.6) is 11.5 Å². The van der Waals surface area contributed by atoms with Gasteiger partial charge < -0.3 is 10.5 Å². The second kappa shape index (κ2) is 5.71. The maximum atomic E-state index is 13.0. The maximum absolute atomic E-state index is 13.0. The average Bonchev–Trinajstić information content (AvgIpc) is 2.34. The number of nitrogens with two attached hydrogens (primary N) is 1. The predicted molar refractivity (Wildman–Crippen MR) is 79.3 cm³/mol. The number of hydrogen-bond acceptors (Lipinski definition) is 2. The van der Waals surface area contributed by atoms with Crippen molar-refractivity contribution >= 4 is 37.7 Å². The van der Waals surface area contributed by atoms with Crippen molar-refractivity contribution in [3.63, 3.8) is 0 Å². The van der Waals surface area contributed by atoms with Crippen LogP contribution in [-0.2, 0) is 0 Å². The largest absolute Gasteiger partial charge is 0.455 e. The Labute approximate surface area is 126 Å². The number of rotatable bonds is 3. The van der Waals surface area contributed by atoms with E-state index in [0.29, 0.717) is 26.0 Å². The van der Waals surface area contributed by atoms with Crippen LogP contribution >= 0.6 is 31.9 Å². The van der Waals surface area contributed by atoms with Gasteiger partial charge in [-0.3, -0.25) is 5.41 Å². The summed E-state index contributed by atoms with van der Waals surface area (Å²) >= 11 is 6.58. The predicted octanol–water partition coefficient (Wildman–Crippen LogP) is 4.43. The Kier molecular flexibility index (Phi) is 4.21. The molecule has 2 rings (SSSR count). The van der Waals surface area contributed by atoms with E-state index in [1.54, 1.807) is 18.2 Å². The first-order valence-corrected chi connectivity index (χ1v) is 6.83. The lowest BCUT2D eigenvalue weighted by molar-refractivity contribution is 0.474. The van der Waals surface area contributed by atoms with Crippen LogP contribution in [0.1, 0.15) is 5.56 Å². The molecule has 0 bridgehead atoms. The van der Waals surface area contributed by atoms with Crippen molar-refractivity contribution in [3.8, 4) is 11.5 Å². The summed E-state index contributed by atoms with van der Waals surface area (Å²) in [7, 11) is 0. The summed E-state index contributed by atoms with van der Waals surface area (Å²) in [5.74, 6) is 0.690. The molecular formula is C13H9Br2FN2O. The molecule has 0 radical (unpaired) electrons. The van der Waals surface area contributed by atoms with E-state index in [-0.39, 0.29) is 11.7 Å². The average molecular weight is 388 g/mol. The minimum atomic E-state index is -0.342. The molecule has 0 aliphatic rings. The lowest BCUT2D eigenvalue weighted by Crippen LogP contribution is -2.10. The molecule has 3 N–H and O–H groups in total. The van der Waals surface area contributed by atoms with Gasteiger partial charge in [-0.2, -0.15) is 0 Å². The SMILES string of the molecule is N=C(N)c1ccc(Oc2ccc(F)cc2Br)c(Br)c1. The van der Waals surface area contributed by atoms with Gasteiger partial charge in [-0.15, -0.1) is 0 Å². The third-order valence-electron chi connectivity index (χ3n) is 2.36. The molecule has 2 aromatic carbocycles. The van der Waals surface area contributed by atoms with E-state index in [4.69, 9.17) is 15.9 Å². The quantitative estimate of drug-likeness (QED) is 0.604. The number of halogens is 3. The minimum absolute atomic E-state index is 0.0183. The Morgan fingerprint density at radius 2 is 1.63 bits per heavy atom. The van der Waals surface area contributed by atoms with Gasteiger partial charge in [0.1, 0.15) is 23.2 Å². The third-order valence-corrected chi connectivity index (χ3v) is 3.60. The number of amidine groups is 1. The van der Waals surface area contributed by atoms with Gasteiger partial charge in [0.2, 0.25) is 0 Å². The third kappa shape index (κ3) is 3.33. The molecule has 0 saturated heterocycles. The molecule has 0 aromatic heterocycles. The highest BCUT2D eigenvalue weighted by molar-refractivity contribution is 9.11. The second-order valence-electron chi connectivity index (χ2n) is 3.74. The molecule has 0 spiro atoms. The highest BCUT2D eigenvalue weighted by Gasteiger charge is 2.08. The summed E-state index contributed by atoms with van der Waals surface area (Å²) in [6.07, 6.45) is 0. The van der Waals surface area contributed by atoms with Crippen LogP contribution in [0.15, 0.2) is 45.3 Å². The van der Waals surface area contributed by atoms with Gasteiger partial charge in [-0.1, -0.05) is 0 Å². The van der Waals surface area contributed by atoms with Gasteiger partial charge in [0.05, 0.1) is 8.95 Å². The molecule has 3 nitrogen and oxygen atoms in total. The summed E-state index contributed by atoms with van der Waals surface area (Å²) in [4.78, 5) is 0. The number of nitrogen functional groups attached to an aromatic ring is 1. The molecule has 0 heterocycles. The van der Waals surface area contributed by atoms with E-state index >= 15 is 0 Å². The molecule has 0 aliphatic heterocycles. The molecule has 0 atom stereocenters. The number of ether oxygens (including phenoxy) is 1. The standard InChI is InChI=1S/C13H9Br2FN2O/c14-9-5-7(13(17)18)1-3-11(9)19-12-4-2-8(16)6-10(12)15/h1-6H,(H3,17,18). The van der Waals surface area contributed by atoms with E-state index in [2.05, 4.69) is 31.9 Å². The monoisotopic (exact) mass is 386 g/mol. The molecular weight excluding hydrogens is 379 g/mol. The summed E-state index contributed by atoms with van der Waals surface area (Å²) in [6, 6.07) is 9.24. The zero-order chi connectivity index (χ0) is 14.0. The zero-order valence-electron chi connectivity index (χ0n) is 9.58. The second-order valence-corrected chi connectivity index (χ2v) is 5.44. The van der Waals surface area contributed by atoms with Crippen LogP contribution in [0, 0.1) is 11.2 Å². The minimum Gasteiger partial charge on any atom is -0.455 e. The van der Waals surface area contributed by atoms with E-state index in [1.165, 1.54) is 18.2 Å². The van der Waals surface area contributed by atoms with Crippen molar-refractivity contribution in [1.29, 1.82) is 5.41 Å². The smallest absolute Gasteiger partial charge is 0.141 e. The first-order valence-electron chi connectivity index (χ1n) is 5.24. The molecule has 19 heavy (non-hydrogen) atoms. The summed E-state index contributed by atoms with van der Waals surface area (Å²) in [5, 5.41) is 7.35. The molecule has 0 unspecified atom stereocenters. The van der Waals surface area contributed by atoms with Crippen molar-refractivity contribution in [2.75, 3.05) is 0 Å². The van der Waals surface area contributed by atoms with E-state index in [1.807, 2.05) is 0 Å². The van der Waals surface area contributed by atoms with Crippen molar-refractivity contribution in [2.24, 2.45) is 5.73 Å². The fraction of sp³-hybridized carbons (Fsp3) is 0. The number of nitrogens with one attached hydrogen (secondary N) is 1. The fourth-order valence-electron chi connectivity index (χ4n) is 1.43. The van der Waals surface area contributed by atoms with E-state index in [9.17, 15) is 4.39 Å². The van der Waals surface area contributed by atoms with Crippen LogP contribution in [0.25, 0.3) is 0 Å². The Morgan fingerprint density at radius 3 is 2.16 bits per heavy atom. The Morgan fingerprint density at radius 1 is 1.05 bits per heavy atom. The highest BCUT2D eigenvalue weighted by atomic mass is 79.9. The summed E-state index contributed by atoms with van der Waals surface area (Å²) in [6.45, 7) is 0. The van der Waals surface area contributed by atoms with E-state index < -0.39 is 0 Å². The first-order chi connectivity index (χ1) is 8.97. The van der Waals surface area contributed by atoms with Gasteiger partial charge in [0.25, 0.3) is 0 Å². The van der Waals surface area contributed by atoms with Crippen LogP contribution in [-0.4, -0.2) is 5.84 Å². The van der Waals surface area contributed by atoms with Crippen LogP contribution in [0.4, 0.5) is 4.39 Å². The molecule has 98 valence electrons. The van der Waals surface area contributed by atoms with Gasteiger partial charge in [-0.25, -0.2) is 4.39 Å². The molecule has 2 aromatic rings. The Bertz CT molecular complexity index is 647. The van der Waals surface area contributed by atoms with Crippen molar-refractivity contribution in [3.05, 3.63) is 56.7 Å². The van der Waals surface area contributed by atoms with Crippen LogP contribution < -0.4 is 10.5 Å². The number of hydrogen-bond donors (Lipinski definition) is 2. The van der Waals surface area contributed by atoms with Crippen molar-refractivity contribution < 1.29 is 9.13 Å². The van der Waals surface area contributed by atoms with Crippen molar-refractivity contribution in [1.82, 2.24) is 0 Å². The lowest BCUT2D eigenvalue weighted by atomic mass is 10.2. The van der Waals surface area contributed by atoms with Crippen molar-refractivity contribution in [2.45, 2.75) is 0 Å². The van der Waals surface area contributed by atoms with Gasteiger partial charge in [0.15, 0.2) is 0 Å². The molecule has 0 aliphatic carbocycles. The molecule has 0 fully saturated rings. The molecule has 0 amide bonds. The normalized spacial score (nSPS) is 10.3. The van der Waals surface area contributed by atoms with E-state index in [0.717, 1.165) is 0 Å². The highest BCUT2D eigenvalue weighted by Crippen LogP contribution is 2.34. The maximum Gasteiger partial charge on any atom is 0.141 e. The van der Waals surface area contributed by atoms with Gasteiger partial charge >= 0.3 is 0 Å². The van der Waals surface area contributed by atoms with Gasteiger partial charge in [-0.05, 0) is 68.3 Å². The topological polar surface area (TPSA) is 59.1 Å². The Hall–Kier alpha value is -1.40. The summed E-state index contributed by atoms with van der Waals surface area (Å²) in [5.41, 5.74) is 5.99. The summed E-state index contributed by atoms with van der Waals surface area (Å²) < 4.78 is 19.8. The van der Waals surface area contributed by atoms with Gasteiger partial charge in [0, 0.05) is 5.56 Å². The molecule has 6 heteroatoms. The Balaban J connectivity index is 2.31. The lowest BCUT2D eigenvalue weighted by Gasteiger charge is -2.10. The number of benzene rings is 2. The zero-order valence-corrected chi connectivity index (χ0v) is 12.8. The first kappa shape index (κ1) is 14.0.